The van der Waals surface area contributed by atoms with Gasteiger partial charge < -0.3 is 10.6 Å². The van der Waals surface area contributed by atoms with Crippen LogP contribution in [0.25, 0.3) is 0 Å². The van der Waals surface area contributed by atoms with Gasteiger partial charge in [-0.25, -0.2) is 0 Å². The molecule has 0 bridgehead atoms. The SMILES string of the molecule is Cc1ccccc1NC(=O)CNCC(=O)NC(C)C. The van der Waals surface area contributed by atoms with Crippen molar-refractivity contribution in [3.63, 3.8) is 0 Å². The zero-order chi connectivity index (χ0) is 14.3. The van der Waals surface area contributed by atoms with Crippen molar-refractivity contribution in [2.45, 2.75) is 26.8 Å². The molecule has 0 aliphatic heterocycles. The van der Waals surface area contributed by atoms with E-state index in [9.17, 15) is 9.59 Å². The molecule has 1 aromatic rings. The van der Waals surface area contributed by atoms with Gasteiger partial charge in [-0.1, -0.05) is 18.2 Å². The molecule has 3 N–H and O–H groups in total. The lowest BCUT2D eigenvalue weighted by Gasteiger charge is -2.10. The minimum atomic E-state index is -0.161. The Bertz CT molecular complexity index is 444. The number of carbonyl (C=O) groups excluding carboxylic acids is 2. The van der Waals surface area contributed by atoms with Gasteiger partial charge in [0.2, 0.25) is 11.8 Å². The fourth-order valence-electron chi connectivity index (χ4n) is 1.57. The minimum absolute atomic E-state index is 0.107. The molecule has 0 saturated carbocycles. The molecule has 0 aliphatic rings. The van der Waals surface area contributed by atoms with Gasteiger partial charge in [-0.15, -0.1) is 0 Å². The van der Waals surface area contributed by atoms with E-state index in [0.717, 1.165) is 11.3 Å². The molecule has 0 heterocycles. The summed E-state index contributed by atoms with van der Waals surface area (Å²) < 4.78 is 0. The number of anilines is 1. The highest BCUT2D eigenvalue weighted by Crippen LogP contribution is 2.12. The monoisotopic (exact) mass is 263 g/mol. The third-order valence-corrected chi connectivity index (χ3v) is 2.44. The third-order valence-electron chi connectivity index (χ3n) is 2.44. The van der Waals surface area contributed by atoms with Crippen LogP contribution in [0.15, 0.2) is 24.3 Å². The Morgan fingerprint density at radius 2 is 1.74 bits per heavy atom. The molecule has 0 atom stereocenters. The Hall–Kier alpha value is -1.88. The van der Waals surface area contributed by atoms with Crippen molar-refractivity contribution in [2.75, 3.05) is 18.4 Å². The average Bonchev–Trinajstić information content (AvgIpc) is 2.31. The Morgan fingerprint density at radius 3 is 2.37 bits per heavy atom. The lowest BCUT2D eigenvalue weighted by atomic mass is 10.2. The summed E-state index contributed by atoms with van der Waals surface area (Å²) in [4.78, 5) is 23.0. The predicted octanol–water partition coefficient (Wildman–Crippen LogP) is 1.05. The molecule has 0 spiro atoms. The zero-order valence-corrected chi connectivity index (χ0v) is 11.6. The maximum atomic E-state index is 11.7. The highest BCUT2D eigenvalue weighted by molar-refractivity contribution is 5.93. The quantitative estimate of drug-likeness (QED) is 0.718. The second kappa shape index (κ2) is 7.53. The first-order valence-corrected chi connectivity index (χ1v) is 6.34. The minimum Gasteiger partial charge on any atom is -0.353 e. The second-order valence-corrected chi connectivity index (χ2v) is 4.69. The first-order valence-electron chi connectivity index (χ1n) is 6.34. The number of hydrogen-bond donors (Lipinski definition) is 3. The van der Waals surface area contributed by atoms with E-state index < -0.39 is 0 Å². The van der Waals surface area contributed by atoms with Crippen LogP contribution in [0, 0.1) is 6.92 Å². The number of amides is 2. The first-order chi connectivity index (χ1) is 8.99. The molecule has 0 aromatic heterocycles. The number of benzene rings is 1. The van der Waals surface area contributed by atoms with Crippen molar-refractivity contribution < 1.29 is 9.59 Å². The van der Waals surface area contributed by atoms with E-state index in [0.29, 0.717) is 0 Å². The van der Waals surface area contributed by atoms with Gasteiger partial charge in [0.15, 0.2) is 0 Å². The van der Waals surface area contributed by atoms with Crippen molar-refractivity contribution in [1.82, 2.24) is 10.6 Å². The summed E-state index contributed by atoms with van der Waals surface area (Å²) in [5.41, 5.74) is 1.80. The molecule has 5 nitrogen and oxygen atoms in total. The molecule has 0 radical (unpaired) electrons. The summed E-state index contributed by atoms with van der Waals surface area (Å²) in [6.07, 6.45) is 0. The molecule has 2 amide bonds. The fraction of sp³-hybridized carbons (Fsp3) is 0.429. The number of carbonyl (C=O) groups is 2. The van der Waals surface area contributed by atoms with Crippen molar-refractivity contribution in [1.29, 1.82) is 0 Å². The van der Waals surface area contributed by atoms with E-state index in [1.165, 1.54) is 0 Å². The van der Waals surface area contributed by atoms with Crippen LogP contribution >= 0.6 is 0 Å². The molecule has 0 aliphatic carbocycles. The molecular weight excluding hydrogens is 242 g/mol. The Morgan fingerprint density at radius 1 is 1.11 bits per heavy atom. The van der Waals surface area contributed by atoms with E-state index in [4.69, 9.17) is 0 Å². The summed E-state index contributed by atoms with van der Waals surface area (Å²) in [5, 5.41) is 8.34. The van der Waals surface area contributed by atoms with Gasteiger partial charge in [0.1, 0.15) is 0 Å². The van der Waals surface area contributed by atoms with Gasteiger partial charge in [0, 0.05) is 11.7 Å². The average molecular weight is 263 g/mol. The maximum Gasteiger partial charge on any atom is 0.238 e. The van der Waals surface area contributed by atoms with E-state index in [1.807, 2.05) is 45.0 Å². The van der Waals surface area contributed by atoms with Crippen LogP contribution < -0.4 is 16.0 Å². The Labute approximate surface area is 113 Å². The third kappa shape index (κ3) is 6.01. The van der Waals surface area contributed by atoms with Crippen LogP contribution in [0.1, 0.15) is 19.4 Å². The van der Waals surface area contributed by atoms with E-state index in [-0.39, 0.29) is 30.9 Å². The molecule has 0 fully saturated rings. The van der Waals surface area contributed by atoms with Crippen molar-refractivity contribution in [3.05, 3.63) is 29.8 Å². The number of rotatable bonds is 6. The second-order valence-electron chi connectivity index (χ2n) is 4.69. The van der Waals surface area contributed by atoms with Crippen molar-refractivity contribution >= 4 is 17.5 Å². The van der Waals surface area contributed by atoms with Crippen LogP contribution in [0.5, 0.6) is 0 Å². The Balaban J connectivity index is 2.29. The Kier molecular flexibility index (Phi) is 6.02. The van der Waals surface area contributed by atoms with Crippen LogP contribution in [-0.4, -0.2) is 30.9 Å². The number of para-hydroxylation sites is 1. The van der Waals surface area contributed by atoms with Gasteiger partial charge in [-0.2, -0.15) is 0 Å². The lowest BCUT2D eigenvalue weighted by molar-refractivity contribution is -0.120. The van der Waals surface area contributed by atoms with Gasteiger partial charge in [-0.05, 0) is 32.4 Å². The highest BCUT2D eigenvalue weighted by atomic mass is 16.2. The van der Waals surface area contributed by atoms with Gasteiger partial charge in [0.05, 0.1) is 13.1 Å². The number of hydrogen-bond acceptors (Lipinski definition) is 3. The summed E-state index contributed by atoms with van der Waals surface area (Å²) in [6, 6.07) is 7.67. The summed E-state index contributed by atoms with van der Waals surface area (Å²) >= 11 is 0. The van der Waals surface area contributed by atoms with Crippen LogP contribution in [-0.2, 0) is 9.59 Å². The van der Waals surface area contributed by atoms with Crippen LogP contribution in [0.2, 0.25) is 0 Å². The topological polar surface area (TPSA) is 70.2 Å². The normalized spacial score (nSPS) is 10.3. The largest absolute Gasteiger partial charge is 0.353 e. The smallest absolute Gasteiger partial charge is 0.238 e. The summed E-state index contributed by atoms with van der Waals surface area (Å²) in [7, 11) is 0. The van der Waals surface area contributed by atoms with Gasteiger partial charge >= 0.3 is 0 Å². The highest BCUT2D eigenvalue weighted by Gasteiger charge is 2.06. The van der Waals surface area contributed by atoms with E-state index in [2.05, 4.69) is 16.0 Å². The number of aryl methyl sites for hydroxylation is 1. The molecule has 19 heavy (non-hydrogen) atoms. The van der Waals surface area contributed by atoms with Crippen molar-refractivity contribution in [3.8, 4) is 0 Å². The predicted molar refractivity (Wildman–Crippen MR) is 76.0 cm³/mol. The molecule has 0 unspecified atom stereocenters. The molecule has 5 heteroatoms. The zero-order valence-electron chi connectivity index (χ0n) is 11.6. The van der Waals surface area contributed by atoms with Gasteiger partial charge in [-0.3, -0.25) is 14.9 Å². The number of nitrogens with one attached hydrogen (secondary N) is 3. The molecule has 104 valence electrons. The van der Waals surface area contributed by atoms with Crippen LogP contribution in [0.4, 0.5) is 5.69 Å². The van der Waals surface area contributed by atoms with Crippen LogP contribution in [0.3, 0.4) is 0 Å². The van der Waals surface area contributed by atoms with E-state index in [1.54, 1.807) is 0 Å². The van der Waals surface area contributed by atoms with E-state index >= 15 is 0 Å². The fourth-order valence-corrected chi connectivity index (χ4v) is 1.57. The lowest BCUT2D eigenvalue weighted by Crippen LogP contribution is -2.40. The van der Waals surface area contributed by atoms with Crippen molar-refractivity contribution in [2.24, 2.45) is 0 Å². The first kappa shape index (κ1) is 15.2. The molecule has 1 rings (SSSR count). The molecular formula is C14H21N3O2. The molecule has 1 aromatic carbocycles. The summed E-state index contributed by atoms with van der Waals surface area (Å²) in [5.74, 6) is -0.273. The standard InChI is InChI=1S/C14H21N3O2/c1-10(2)16-13(18)8-15-9-14(19)17-12-7-5-4-6-11(12)3/h4-7,10,15H,8-9H2,1-3H3,(H,16,18)(H,17,19). The maximum absolute atomic E-state index is 11.7. The molecule has 0 saturated heterocycles. The summed E-state index contributed by atoms with van der Waals surface area (Å²) in [6.45, 7) is 5.96. The van der Waals surface area contributed by atoms with Gasteiger partial charge in [0.25, 0.3) is 0 Å².